The Morgan fingerprint density at radius 2 is 2.17 bits per heavy atom. The Balaban J connectivity index is 1.86. The molecule has 18 heavy (non-hydrogen) atoms. The van der Waals surface area contributed by atoms with E-state index in [1.165, 1.54) is 11.8 Å². The highest BCUT2D eigenvalue weighted by Crippen LogP contribution is 2.17. The molecule has 1 aromatic rings. The van der Waals surface area contributed by atoms with Gasteiger partial charge in [-0.15, -0.1) is 0 Å². The lowest BCUT2D eigenvalue weighted by Gasteiger charge is -2.18. The van der Waals surface area contributed by atoms with E-state index in [2.05, 4.69) is 5.32 Å². The van der Waals surface area contributed by atoms with Gasteiger partial charge >= 0.3 is 0 Å². The van der Waals surface area contributed by atoms with Gasteiger partial charge in [-0.2, -0.15) is 0 Å². The number of nitrogens with zero attached hydrogens (tertiary/aromatic N) is 1. The first-order valence-electron chi connectivity index (χ1n) is 5.93. The van der Waals surface area contributed by atoms with Gasteiger partial charge < -0.3 is 10.2 Å². The standard InChI is InChI=1S/C13H16N2O2S/c1-10(11-5-3-2-4-6-11)14-12(16)9-15-7-8-18-13(15)17/h2-6,10H,7-9H2,1H3,(H,14,16). The maximum Gasteiger partial charge on any atom is 0.282 e. The van der Waals surface area contributed by atoms with Crippen molar-refractivity contribution < 1.29 is 9.59 Å². The Hall–Kier alpha value is -1.49. The quantitative estimate of drug-likeness (QED) is 0.905. The van der Waals surface area contributed by atoms with E-state index in [1.807, 2.05) is 37.3 Å². The number of benzene rings is 1. The van der Waals surface area contributed by atoms with E-state index < -0.39 is 0 Å². The summed E-state index contributed by atoms with van der Waals surface area (Å²) in [4.78, 5) is 24.8. The molecular formula is C13H16N2O2S. The van der Waals surface area contributed by atoms with E-state index in [0.717, 1.165) is 11.3 Å². The van der Waals surface area contributed by atoms with Gasteiger partial charge in [0.05, 0.1) is 6.04 Å². The summed E-state index contributed by atoms with van der Waals surface area (Å²) in [6.07, 6.45) is 0. The van der Waals surface area contributed by atoms with Crippen LogP contribution in [0.3, 0.4) is 0 Å². The maximum absolute atomic E-state index is 11.8. The Morgan fingerprint density at radius 1 is 1.44 bits per heavy atom. The van der Waals surface area contributed by atoms with Crippen LogP contribution in [0.25, 0.3) is 0 Å². The normalized spacial score (nSPS) is 16.7. The molecule has 1 aliphatic rings. The summed E-state index contributed by atoms with van der Waals surface area (Å²) in [6.45, 7) is 2.76. The lowest BCUT2D eigenvalue weighted by atomic mass is 10.1. The molecule has 0 radical (unpaired) electrons. The number of hydrogen-bond acceptors (Lipinski definition) is 3. The first-order chi connectivity index (χ1) is 8.66. The summed E-state index contributed by atoms with van der Waals surface area (Å²) in [5.74, 6) is 0.669. The van der Waals surface area contributed by atoms with Gasteiger partial charge in [-0.3, -0.25) is 9.59 Å². The fourth-order valence-electron chi connectivity index (χ4n) is 1.85. The van der Waals surface area contributed by atoms with Crippen LogP contribution in [-0.4, -0.2) is 34.9 Å². The lowest BCUT2D eigenvalue weighted by molar-refractivity contribution is -0.122. The Kier molecular flexibility index (Phi) is 4.25. The van der Waals surface area contributed by atoms with Gasteiger partial charge in [-0.05, 0) is 12.5 Å². The molecule has 0 saturated carbocycles. The Bertz CT molecular complexity index is 436. The van der Waals surface area contributed by atoms with E-state index in [9.17, 15) is 9.59 Å². The molecule has 1 heterocycles. The molecule has 0 bridgehead atoms. The molecule has 2 amide bonds. The van der Waals surface area contributed by atoms with Crippen molar-refractivity contribution in [1.82, 2.24) is 10.2 Å². The number of thioether (sulfide) groups is 1. The van der Waals surface area contributed by atoms with Crippen molar-refractivity contribution in [3.05, 3.63) is 35.9 Å². The van der Waals surface area contributed by atoms with E-state index in [-0.39, 0.29) is 23.7 Å². The van der Waals surface area contributed by atoms with Crippen molar-refractivity contribution in [3.63, 3.8) is 0 Å². The highest BCUT2D eigenvalue weighted by atomic mass is 32.2. The topological polar surface area (TPSA) is 49.4 Å². The number of amides is 2. The van der Waals surface area contributed by atoms with E-state index in [1.54, 1.807) is 4.90 Å². The molecule has 96 valence electrons. The highest BCUT2D eigenvalue weighted by molar-refractivity contribution is 8.13. The van der Waals surface area contributed by atoms with Crippen LogP contribution < -0.4 is 5.32 Å². The average molecular weight is 264 g/mol. The zero-order valence-electron chi connectivity index (χ0n) is 10.3. The molecule has 1 unspecified atom stereocenters. The molecule has 1 atom stereocenters. The number of carbonyl (C=O) groups excluding carboxylic acids is 2. The zero-order chi connectivity index (χ0) is 13.0. The minimum Gasteiger partial charge on any atom is -0.348 e. The van der Waals surface area contributed by atoms with Crippen molar-refractivity contribution in [2.75, 3.05) is 18.8 Å². The third-order valence-electron chi connectivity index (χ3n) is 2.86. The third-order valence-corrected chi connectivity index (χ3v) is 3.75. The van der Waals surface area contributed by atoms with Gasteiger partial charge in [-0.25, -0.2) is 0 Å². The number of carbonyl (C=O) groups is 2. The minimum absolute atomic E-state index is 0.00230. The predicted molar refractivity (Wildman–Crippen MR) is 72.4 cm³/mol. The van der Waals surface area contributed by atoms with Crippen LogP contribution in [0.2, 0.25) is 0 Å². The van der Waals surface area contributed by atoms with Crippen molar-refractivity contribution in [2.45, 2.75) is 13.0 Å². The van der Waals surface area contributed by atoms with E-state index >= 15 is 0 Å². The highest BCUT2D eigenvalue weighted by Gasteiger charge is 2.23. The lowest BCUT2D eigenvalue weighted by Crippen LogP contribution is -2.38. The van der Waals surface area contributed by atoms with Crippen LogP contribution in [0, 0.1) is 0 Å². The van der Waals surface area contributed by atoms with Gasteiger partial charge in [0.25, 0.3) is 5.24 Å². The fraction of sp³-hybridized carbons (Fsp3) is 0.385. The van der Waals surface area contributed by atoms with E-state index in [4.69, 9.17) is 0 Å². The SMILES string of the molecule is CC(NC(=O)CN1CCSC1=O)c1ccccc1. The number of rotatable bonds is 4. The first kappa shape index (κ1) is 13.0. The van der Waals surface area contributed by atoms with Gasteiger partial charge in [0.15, 0.2) is 0 Å². The minimum atomic E-state index is -0.109. The summed E-state index contributed by atoms with van der Waals surface area (Å²) in [5, 5.41) is 2.90. The summed E-state index contributed by atoms with van der Waals surface area (Å²) < 4.78 is 0. The predicted octanol–water partition coefficient (Wildman–Crippen LogP) is 2.03. The van der Waals surface area contributed by atoms with Crippen molar-refractivity contribution in [1.29, 1.82) is 0 Å². The first-order valence-corrected chi connectivity index (χ1v) is 6.91. The van der Waals surface area contributed by atoms with Crippen LogP contribution >= 0.6 is 11.8 Å². The molecule has 2 rings (SSSR count). The number of nitrogens with one attached hydrogen (secondary N) is 1. The molecule has 5 heteroatoms. The second-order valence-electron chi connectivity index (χ2n) is 4.24. The Labute approximate surface area is 111 Å². The second-order valence-corrected chi connectivity index (χ2v) is 5.28. The molecule has 4 nitrogen and oxygen atoms in total. The fourth-order valence-corrected chi connectivity index (χ4v) is 2.68. The van der Waals surface area contributed by atoms with E-state index in [0.29, 0.717) is 6.54 Å². The molecular weight excluding hydrogens is 248 g/mol. The van der Waals surface area contributed by atoms with Crippen molar-refractivity contribution in [2.24, 2.45) is 0 Å². The van der Waals surface area contributed by atoms with Gasteiger partial charge in [-0.1, -0.05) is 42.1 Å². The zero-order valence-corrected chi connectivity index (χ0v) is 11.1. The average Bonchev–Trinajstić information content (AvgIpc) is 2.76. The smallest absolute Gasteiger partial charge is 0.282 e. The van der Waals surface area contributed by atoms with Gasteiger partial charge in [0.1, 0.15) is 6.54 Å². The van der Waals surface area contributed by atoms with Crippen molar-refractivity contribution in [3.8, 4) is 0 Å². The van der Waals surface area contributed by atoms with Crippen LogP contribution in [0.4, 0.5) is 4.79 Å². The van der Waals surface area contributed by atoms with Crippen molar-refractivity contribution >= 4 is 22.9 Å². The molecule has 0 aliphatic carbocycles. The maximum atomic E-state index is 11.8. The van der Waals surface area contributed by atoms with Crippen LogP contribution in [0.5, 0.6) is 0 Å². The summed E-state index contributed by atoms with van der Waals surface area (Å²) >= 11 is 1.27. The summed E-state index contributed by atoms with van der Waals surface area (Å²) in [7, 11) is 0. The monoisotopic (exact) mass is 264 g/mol. The van der Waals surface area contributed by atoms with Crippen LogP contribution in [0.1, 0.15) is 18.5 Å². The summed E-state index contributed by atoms with van der Waals surface area (Å²) in [5.41, 5.74) is 1.06. The molecule has 1 saturated heterocycles. The second kappa shape index (κ2) is 5.91. The third kappa shape index (κ3) is 3.26. The Morgan fingerprint density at radius 3 is 2.78 bits per heavy atom. The molecule has 1 aliphatic heterocycles. The molecule has 1 N–H and O–H groups in total. The molecule has 1 aromatic carbocycles. The summed E-state index contributed by atoms with van der Waals surface area (Å²) in [6, 6.07) is 9.74. The molecule has 0 spiro atoms. The van der Waals surface area contributed by atoms with Gasteiger partial charge in [0, 0.05) is 12.3 Å². The van der Waals surface area contributed by atoms with Crippen LogP contribution in [-0.2, 0) is 4.79 Å². The molecule has 0 aromatic heterocycles. The largest absolute Gasteiger partial charge is 0.348 e. The van der Waals surface area contributed by atoms with Gasteiger partial charge in [0.2, 0.25) is 5.91 Å². The van der Waals surface area contributed by atoms with Crippen LogP contribution in [0.15, 0.2) is 30.3 Å². The molecule has 1 fully saturated rings. The number of hydrogen-bond donors (Lipinski definition) is 1.